The van der Waals surface area contributed by atoms with Crippen LogP contribution in [0.3, 0.4) is 0 Å². The van der Waals surface area contributed by atoms with Gasteiger partial charge in [0.25, 0.3) is 5.56 Å². The Morgan fingerprint density at radius 2 is 1.70 bits per heavy atom. The summed E-state index contributed by atoms with van der Waals surface area (Å²) in [6.07, 6.45) is 0.870. The number of hydrogen-bond donors (Lipinski definition) is 2. The Hall–Kier alpha value is -2.99. The number of rotatable bonds is 4. The molecule has 1 aromatic heterocycles. The van der Waals surface area contributed by atoms with E-state index in [0.717, 1.165) is 35.0 Å². The number of pyridine rings is 1. The van der Waals surface area contributed by atoms with Crippen molar-refractivity contribution in [2.24, 2.45) is 0 Å². The zero-order valence-corrected chi connectivity index (χ0v) is 15.6. The van der Waals surface area contributed by atoms with Crippen molar-refractivity contribution in [1.29, 1.82) is 0 Å². The third kappa shape index (κ3) is 3.02. The molecule has 4 rings (SSSR count). The van der Waals surface area contributed by atoms with Gasteiger partial charge in [0.05, 0.1) is 32.9 Å². The molecule has 6 heteroatoms. The molecule has 0 amide bonds. The molecular weight excluding hydrogens is 344 g/mol. The van der Waals surface area contributed by atoms with Gasteiger partial charge in [-0.1, -0.05) is 0 Å². The largest absolute Gasteiger partial charge is 0.497 e. The number of hydrogen-bond acceptors (Lipinski definition) is 5. The van der Waals surface area contributed by atoms with Crippen LogP contribution in [0.15, 0.2) is 41.2 Å². The average molecular weight is 366 g/mol. The van der Waals surface area contributed by atoms with E-state index in [1.807, 2.05) is 36.4 Å². The first kappa shape index (κ1) is 17.4. The minimum atomic E-state index is -0.205. The normalized spacial score (nSPS) is 16.0. The van der Waals surface area contributed by atoms with Crippen molar-refractivity contribution in [3.05, 3.63) is 63.4 Å². The molecule has 2 heterocycles. The second-order valence-corrected chi connectivity index (χ2v) is 6.55. The van der Waals surface area contributed by atoms with Gasteiger partial charge in [0, 0.05) is 18.2 Å². The minimum Gasteiger partial charge on any atom is -0.497 e. The Morgan fingerprint density at radius 1 is 0.926 bits per heavy atom. The number of aromatic nitrogens is 1. The van der Waals surface area contributed by atoms with Gasteiger partial charge in [-0.15, -0.1) is 0 Å². The zero-order chi connectivity index (χ0) is 19.0. The van der Waals surface area contributed by atoms with E-state index in [-0.39, 0.29) is 11.6 Å². The Labute approximate surface area is 157 Å². The van der Waals surface area contributed by atoms with Crippen LogP contribution in [-0.4, -0.2) is 32.9 Å². The summed E-state index contributed by atoms with van der Waals surface area (Å²) in [5, 5.41) is 4.43. The predicted octanol–water partition coefficient (Wildman–Crippen LogP) is 2.79. The summed E-state index contributed by atoms with van der Waals surface area (Å²) in [4.78, 5) is 15.8. The molecule has 1 aliphatic heterocycles. The standard InChI is InChI=1S/C21H22N2O4/c1-25-14-5-4-13-8-16(21(24)23-17(13)10-14)20-15-11-19(27-3)18(26-2)9-12(15)6-7-22-20/h4-5,8-11,20,22H,6-7H2,1-3H3,(H,23,24). The highest BCUT2D eigenvalue weighted by Crippen LogP contribution is 2.37. The number of ether oxygens (including phenoxy) is 3. The zero-order valence-electron chi connectivity index (χ0n) is 15.6. The highest BCUT2D eigenvalue weighted by atomic mass is 16.5. The molecule has 0 bridgehead atoms. The Kier molecular flexibility index (Phi) is 4.49. The molecule has 6 nitrogen and oxygen atoms in total. The van der Waals surface area contributed by atoms with E-state index in [4.69, 9.17) is 14.2 Å². The lowest BCUT2D eigenvalue weighted by Crippen LogP contribution is -2.34. The summed E-state index contributed by atoms with van der Waals surface area (Å²) in [6, 6.07) is 11.4. The third-order valence-corrected chi connectivity index (χ3v) is 5.09. The molecule has 140 valence electrons. The SMILES string of the molecule is COc1ccc2cc(C3NCCc4cc(OC)c(OC)cc43)c(=O)[nH]c2c1. The molecular formula is C21H22N2O4. The van der Waals surface area contributed by atoms with Crippen molar-refractivity contribution >= 4 is 10.9 Å². The topological polar surface area (TPSA) is 72.6 Å². The van der Waals surface area contributed by atoms with E-state index in [9.17, 15) is 4.79 Å². The highest BCUT2D eigenvalue weighted by Gasteiger charge is 2.26. The fourth-order valence-corrected chi connectivity index (χ4v) is 3.70. The maximum absolute atomic E-state index is 12.8. The van der Waals surface area contributed by atoms with Crippen molar-refractivity contribution in [3.8, 4) is 17.2 Å². The lowest BCUT2D eigenvalue weighted by Gasteiger charge is -2.28. The van der Waals surface area contributed by atoms with Gasteiger partial charge in [-0.3, -0.25) is 4.79 Å². The van der Waals surface area contributed by atoms with E-state index in [1.165, 1.54) is 0 Å². The lowest BCUT2D eigenvalue weighted by molar-refractivity contribution is 0.353. The monoisotopic (exact) mass is 366 g/mol. The lowest BCUT2D eigenvalue weighted by atomic mass is 9.89. The molecule has 2 N–H and O–H groups in total. The van der Waals surface area contributed by atoms with Crippen LogP contribution in [0, 0.1) is 0 Å². The van der Waals surface area contributed by atoms with Crippen LogP contribution in [0.25, 0.3) is 10.9 Å². The smallest absolute Gasteiger partial charge is 0.253 e. The average Bonchev–Trinajstić information content (AvgIpc) is 2.71. The van der Waals surface area contributed by atoms with Gasteiger partial charge in [-0.05, 0) is 53.3 Å². The summed E-state index contributed by atoms with van der Waals surface area (Å²) in [5.74, 6) is 2.08. The molecule has 1 atom stereocenters. The molecule has 2 aromatic carbocycles. The summed E-state index contributed by atoms with van der Waals surface area (Å²) in [7, 11) is 4.86. The molecule has 27 heavy (non-hydrogen) atoms. The van der Waals surface area contributed by atoms with E-state index >= 15 is 0 Å². The first-order valence-corrected chi connectivity index (χ1v) is 8.83. The molecule has 0 saturated heterocycles. The van der Waals surface area contributed by atoms with Crippen LogP contribution < -0.4 is 25.1 Å². The van der Waals surface area contributed by atoms with Crippen molar-refractivity contribution < 1.29 is 14.2 Å². The Morgan fingerprint density at radius 3 is 2.44 bits per heavy atom. The van der Waals surface area contributed by atoms with E-state index in [0.29, 0.717) is 22.8 Å². The van der Waals surface area contributed by atoms with E-state index < -0.39 is 0 Å². The first-order chi connectivity index (χ1) is 13.1. The molecule has 0 fully saturated rings. The predicted molar refractivity (Wildman–Crippen MR) is 104 cm³/mol. The van der Waals surface area contributed by atoms with Gasteiger partial charge in [0.15, 0.2) is 11.5 Å². The number of nitrogens with one attached hydrogen (secondary N) is 2. The molecule has 0 aliphatic carbocycles. The maximum atomic E-state index is 12.8. The van der Waals surface area contributed by atoms with Gasteiger partial charge >= 0.3 is 0 Å². The second-order valence-electron chi connectivity index (χ2n) is 6.55. The summed E-state index contributed by atoms with van der Waals surface area (Å²) >= 11 is 0. The van der Waals surface area contributed by atoms with Crippen LogP contribution >= 0.6 is 0 Å². The van der Waals surface area contributed by atoms with Crippen LogP contribution in [0.4, 0.5) is 0 Å². The first-order valence-electron chi connectivity index (χ1n) is 8.83. The van der Waals surface area contributed by atoms with Gasteiger partial charge < -0.3 is 24.5 Å². The quantitative estimate of drug-likeness (QED) is 0.743. The fraction of sp³-hybridized carbons (Fsp3) is 0.286. The summed E-state index contributed by atoms with van der Waals surface area (Å²) in [5.41, 5.74) is 3.52. The maximum Gasteiger partial charge on any atom is 0.253 e. The summed E-state index contributed by atoms with van der Waals surface area (Å²) < 4.78 is 16.1. The number of benzene rings is 2. The van der Waals surface area contributed by atoms with Gasteiger partial charge in [0.1, 0.15) is 5.75 Å². The summed E-state index contributed by atoms with van der Waals surface area (Å²) in [6.45, 7) is 0.785. The highest BCUT2D eigenvalue weighted by molar-refractivity contribution is 5.80. The van der Waals surface area contributed by atoms with Crippen molar-refractivity contribution in [2.45, 2.75) is 12.5 Å². The van der Waals surface area contributed by atoms with Gasteiger partial charge in [0.2, 0.25) is 0 Å². The van der Waals surface area contributed by atoms with Crippen LogP contribution in [-0.2, 0) is 6.42 Å². The fourth-order valence-electron chi connectivity index (χ4n) is 3.70. The molecule has 1 unspecified atom stereocenters. The Bertz CT molecular complexity index is 1060. The van der Waals surface area contributed by atoms with Crippen LogP contribution in [0.2, 0.25) is 0 Å². The Balaban J connectivity index is 1.85. The second kappa shape index (κ2) is 6.96. The molecule has 0 spiro atoms. The molecule has 0 saturated carbocycles. The molecule has 0 radical (unpaired) electrons. The third-order valence-electron chi connectivity index (χ3n) is 5.09. The van der Waals surface area contributed by atoms with Gasteiger partial charge in [-0.25, -0.2) is 0 Å². The number of aromatic amines is 1. The van der Waals surface area contributed by atoms with Crippen LogP contribution in [0.5, 0.6) is 17.2 Å². The number of methoxy groups -OCH3 is 3. The number of fused-ring (bicyclic) bond motifs is 2. The van der Waals surface area contributed by atoms with Crippen molar-refractivity contribution in [1.82, 2.24) is 10.3 Å². The van der Waals surface area contributed by atoms with Crippen LogP contribution in [0.1, 0.15) is 22.7 Å². The van der Waals surface area contributed by atoms with Crippen molar-refractivity contribution in [3.63, 3.8) is 0 Å². The minimum absolute atomic E-state index is 0.115. The van der Waals surface area contributed by atoms with E-state index in [2.05, 4.69) is 10.3 Å². The van der Waals surface area contributed by atoms with Crippen molar-refractivity contribution in [2.75, 3.05) is 27.9 Å². The number of H-pyrrole nitrogens is 1. The molecule has 1 aliphatic rings. The molecule has 3 aromatic rings. The van der Waals surface area contributed by atoms with E-state index in [1.54, 1.807) is 21.3 Å². The van der Waals surface area contributed by atoms with Gasteiger partial charge in [-0.2, -0.15) is 0 Å².